The zero-order valence-electron chi connectivity index (χ0n) is 25.1. The minimum atomic E-state index is -0.769. The zero-order chi connectivity index (χ0) is 31.4. The van der Waals surface area contributed by atoms with Gasteiger partial charge in [-0.05, 0) is 91.8 Å². The minimum absolute atomic E-state index is 0.0260. The number of fused-ring (bicyclic) bond motifs is 1. The fraction of sp³-hybridized carbons (Fsp3) is 0.265. The van der Waals surface area contributed by atoms with E-state index in [4.69, 9.17) is 23.9 Å². The third-order valence-corrected chi connectivity index (χ3v) is 8.57. The first kappa shape index (κ1) is 31.5. The summed E-state index contributed by atoms with van der Waals surface area (Å²) in [7, 11) is 1.59. The monoisotopic (exact) mass is 724 g/mol. The Morgan fingerprint density at radius 1 is 1.07 bits per heavy atom. The second kappa shape index (κ2) is 13.8. The second-order valence-corrected chi connectivity index (χ2v) is 12.3. The van der Waals surface area contributed by atoms with E-state index < -0.39 is 12.0 Å². The van der Waals surface area contributed by atoms with Crippen molar-refractivity contribution in [3.63, 3.8) is 0 Å². The van der Waals surface area contributed by atoms with Crippen LogP contribution in [0.1, 0.15) is 50.4 Å². The largest absolute Gasteiger partial charge is 0.494 e. The van der Waals surface area contributed by atoms with Gasteiger partial charge in [0.1, 0.15) is 5.75 Å². The standard InChI is InChI=1S/C34H33IN2O6S/c1-6-41-24-15-13-23(14-16-24)30-28(33(39)42-7-2)29(22-11-9-8-10-12-22)36-34-37(30)32(38)27(44-34)19-21-17-25(35)31(43-20(3)4)26(18-21)40-5/h8-20,30H,6-7H2,1-5H3/b27-19-/t30-/m0/s1. The molecule has 0 amide bonds. The molecule has 0 aliphatic carbocycles. The number of halogens is 1. The molecule has 228 valence electrons. The number of aromatic nitrogens is 1. The smallest absolute Gasteiger partial charge is 0.338 e. The number of esters is 1. The molecule has 1 aliphatic heterocycles. The van der Waals surface area contributed by atoms with Gasteiger partial charge in [-0.15, -0.1) is 0 Å². The molecule has 0 saturated carbocycles. The van der Waals surface area contributed by atoms with Crippen molar-refractivity contribution in [3.8, 4) is 17.2 Å². The van der Waals surface area contributed by atoms with Crippen LogP contribution < -0.4 is 29.1 Å². The Hall–Kier alpha value is -3.90. The molecule has 4 aromatic rings. The quantitative estimate of drug-likeness (QED) is 0.153. The highest BCUT2D eigenvalue weighted by Gasteiger charge is 2.35. The second-order valence-electron chi connectivity index (χ2n) is 10.1. The van der Waals surface area contributed by atoms with Crippen LogP contribution in [0.15, 0.2) is 82.1 Å². The molecular weight excluding hydrogens is 691 g/mol. The van der Waals surface area contributed by atoms with E-state index in [2.05, 4.69) is 22.6 Å². The van der Waals surface area contributed by atoms with E-state index in [1.54, 1.807) is 18.6 Å². The van der Waals surface area contributed by atoms with Gasteiger partial charge in [0.15, 0.2) is 16.3 Å². The summed E-state index contributed by atoms with van der Waals surface area (Å²) in [6.07, 6.45) is 1.79. The highest BCUT2D eigenvalue weighted by molar-refractivity contribution is 14.1. The van der Waals surface area contributed by atoms with E-state index in [0.29, 0.717) is 44.5 Å². The van der Waals surface area contributed by atoms with Gasteiger partial charge in [-0.25, -0.2) is 9.79 Å². The maximum Gasteiger partial charge on any atom is 0.338 e. The van der Waals surface area contributed by atoms with Gasteiger partial charge in [-0.1, -0.05) is 53.8 Å². The van der Waals surface area contributed by atoms with E-state index in [1.807, 2.05) is 93.6 Å². The highest BCUT2D eigenvalue weighted by Crippen LogP contribution is 2.37. The maximum atomic E-state index is 14.2. The molecule has 44 heavy (non-hydrogen) atoms. The lowest BCUT2D eigenvalue weighted by Gasteiger charge is -2.26. The predicted octanol–water partition coefficient (Wildman–Crippen LogP) is 5.73. The maximum absolute atomic E-state index is 14.2. The highest BCUT2D eigenvalue weighted by atomic mass is 127. The first-order chi connectivity index (χ1) is 21.2. The molecule has 8 nitrogen and oxygen atoms in total. The van der Waals surface area contributed by atoms with Crippen molar-refractivity contribution in [1.82, 2.24) is 4.57 Å². The number of rotatable bonds is 10. The van der Waals surface area contributed by atoms with Crippen LogP contribution in [0.4, 0.5) is 0 Å². The molecule has 0 radical (unpaired) electrons. The lowest BCUT2D eigenvalue weighted by Crippen LogP contribution is -2.40. The molecule has 0 N–H and O–H groups in total. The summed E-state index contributed by atoms with van der Waals surface area (Å²) >= 11 is 3.48. The van der Waals surface area contributed by atoms with Crippen molar-refractivity contribution < 1.29 is 23.7 Å². The molecule has 0 saturated heterocycles. The number of ether oxygens (including phenoxy) is 4. The normalized spacial score (nSPS) is 14.7. The molecule has 10 heteroatoms. The van der Waals surface area contributed by atoms with Crippen LogP contribution in [0.3, 0.4) is 0 Å². The number of methoxy groups -OCH3 is 1. The SMILES string of the molecule is CCOC(=O)C1=C(c2ccccc2)N=c2s/c(=C\c3cc(I)c(OC(C)C)c(OC)c3)c(=O)n2[C@H]1c1ccc(OCC)cc1. The molecule has 2 heterocycles. The Morgan fingerprint density at radius 2 is 1.80 bits per heavy atom. The van der Waals surface area contributed by atoms with Gasteiger partial charge in [0, 0.05) is 5.56 Å². The fourth-order valence-electron chi connectivity index (χ4n) is 4.99. The first-order valence-corrected chi connectivity index (χ1v) is 16.2. The molecule has 0 unspecified atom stereocenters. The van der Waals surface area contributed by atoms with Crippen molar-refractivity contribution in [3.05, 3.63) is 112 Å². The summed E-state index contributed by atoms with van der Waals surface area (Å²) in [5.41, 5.74) is 2.77. The lowest BCUT2D eigenvalue weighted by atomic mass is 9.93. The predicted molar refractivity (Wildman–Crippen MR) is 180 cm³/mol. The van der Waals surface area contributed by atoms with Crippen LogP contribution in [-0.4, -0.2) is 37.0 Å². The molecule has 3 aromatic carbocycles. The number of hydrogen-bond donors (Lipinski definition) is 0. The van der Waals surface area contributed by atoms with Crippen LogP contribution in [0.2, 0.25) is 0 Å². The molecule has 1 atom stereocenters. The van der Waals surface area contributed by atoms with Crippen LogP contribution in [0, 0.1) is 3.57 Å². The van der Waals surface area contributed by atoms with Gasteiger partial charge >= 0.3 is 5.97 Å². The lowest BCUT2D eigenvalue weighted by molar-refractivity contribution is -0.138. The van der Waals surface area contributed by atoms with E-state index in [-0.39, 0.29) is 18.3 Å². The number of nitrogens with zero attached hydrogens (tertiary/aromatic N) is 2. The topological polar surface area (TPSA) is 88.4 Å². The van der Waals surface area contributed by atoms with Gasteiger partial charge in [-0.3, -0.25) is 9.36 Å². The summed E-state index contributed by atoms with van der Waals surface area (Å²) < 4.78 is 25.7. The average Bonchev–Trinajstić information content (AvgIpc) is 3.32. The summed E-state index contributed by atoms with van der Waals surface area (Å²) in [5.74, 6) is 1.40. The third kappa shape index (κ3) is 6.46. The number of carbonyl (C=O) groups is 1. The van der Waals surface area contributed by atoms with Crippen LogP contribution >= 0.6 is 33.9 Å². The van der Waals surface area contributed by atoms with E-state index in [9.17, 15) is 9.59 Å². The number of hydrogen-bond acceptors (Lipinski definition) is 8. The van der Waals surface area contributed by atoms with Gasteiger partial charge < -0.3 is 18.9 Å². The van der Waals surface area contributed by atoms with Gasteiger partial charge in [0.2, 0.25) is 0 Å². The molecule has 0 fully saturated rings. The molecule has 0 spiro atoms. The van der Waals surface area contributed by atoms with Crippen LogP contribution in [0.5, 0.6) is 17.2 Å². The van der Waals surface area contributed by atoms with Crippen molar-refractivity contribution in [1.29, 1.82) is 0 Å². The number of carbonyl (C=O) groups excluding carboxylic acids is 1. The Balaban J connectivity index is 1.76. The Labute approximate surface area is 273 Å². The summed E-state index contributed by atoms with van der Waals surface area (Å²) in [5, 5.41) is 0. The van der Waals surface area contributed by atoms with Crippen molar-refractivity contribution >= 4 is 51.7 Å². The van der Waals surface area contributed by atoms with Crippen molar-refractivity contribution in [2.75, 3.05) is 20.3 Å². The minimum Gasteiger partial charge on any atom is -0.494 e. The van der Waals surface area contributed by atoms with E-state index >= 15 is 0 Å². The van der Waals surface area contributed by atoms with Crippen LogP contribution in [-0.2, 0) is 9.53 Å². The number of thiazole rings is 1. The summed E-state index contributed by atoms with van der Waals surface area (Å²) in [4.78, 5) is 33.3. The van der Waals surface area contributed by atoms with Gasteiger partial charge in [0.05, 0.1) is 51.8 Å². The molecule has 1 aliphatic rings. The van der Waals surface area contributed by atoms with Crippen LogP contribution in [0.25, 0.3) is 11.8 Å². The van der Waals surface area contributed by atoms with E-state index in [0.717, 1.165) is 20.3 Å². The summed E-state index contributed by atoms with van der Waals surface area (Å²) in [6.45, 7) is 8.30. The molecule has 1 aromatic heterocycles. The average molecular weight is 725 g/mol. The third-order valence-electron chi connectivity index (χ3n) is 6.78. The number of benzene rings is 3. The Kier molecular flexibility index (Phi) is 9.90. The molecule has 0 bridgehead atoms. The van der Waals surface area contributed by atoms with Crippen molar-refractivity contribution in [2.24, 2.45) is 4.99 Å². The van der Waals surface area contributed by atoms with E-state index in [1.165, 1.54) is 11.3 Å². The summed E-state index contributed by atoms with van der Waals surface area (Å²) in [6, 6.07) is 20.0. The Morgan fingerprint density at radius 3 is 2.43 bits per heavy atom. The molecule has 5 rings (SSSR count). The first-order valence-electron chi connectivity index (χ1n) is 14.3. The Bertz CT molecular complexity index is 1880. The fourth-order valence-corrected chi connectivity index (χ4v) is 6.75. The zero-order valence-corrected chi connectivity index (χ0v) is 28.1. The van der Waals surface area contributed by atoms with Gasteiger partial charge in [-0.2, -0.15) is 0 Å². The van der Waals surface area contributed by atoms with Gasteiger partial charge in [0.25, 0.3) is 5.56 Å². The molecular formula is C34H33IN2O6S. The van der Waals surface area contributed by atoms with Crippen molar-refractivity contribution in [2.45, 2.75) is 39.8 Å².